The minimum atomic E-state index is -1.01. The van der Waals surface area contributed by atoms with Crippen LogP contribution in [0.4, 0.5) is 4.79 Å². The third-order valence-electron chi connectivity index (χ3n) is 4.13. The molecule has 0 unspecified atom stereocenters. The smallest absolute Gasteiger partial charge is 0.413 e. The predicted octanol–water partition coefficient (Wildman–Crippen LogP) is 4.12. The Morgan fingerprint density at radius 2 is 1.94 bits per heavy atom. The number of carbonyl (C=O) groups excluding carboxylic acids is 3. The first-order valence-corrected chi connectivity index (χ1v) is 9.84. The number of nitrogens with one attached hydrogen (secondary N) is 1. The minimum absolute atomic E-state index is 0.0824. The molecule has 0 spiro atoms. The molecule has 0 bridgehead atoms. The molecule has 31 heavy (non-hydrogen) atoms. The maximum Gasteiger partial charge on any atom is 0.413 e. The van der Waals surface area contributed by atoms with Crippen molar-refractivity contribution >= 4 is 47.2 Å². The Morgan fingerprint density at radius 1 is 1.23 bits per heavy atom. The Kier molecular flexibility index (Phi) is 8.25. The van der Waals surface area contributed by atoms with Gasteiger partial charge in [-0.05, 0) is 50.6 Å². The number of benzene rings is 1. The fourth-order valence-electron chi connectivity index (χ4n) is 2.79. The SMILES string of the molecule is CCOC(=O)NC(=O)COC(=O)/C(C#N)=C/c1cc(C)n(-c2cccc(Cl)c2Cl)c1C. The van der Waals surface area contributed by atoms with Gasteiger partial charge in [0.25, 0.3) is 5.91 Å². The van der Waals surface area contributed by atoms with Crippen molar-refractivity contribution in [1.82, 2.24) is 9.88 Å². The molecule has 0 saturated heterocycles. The van der Waals surface area contributed by atoms with Crippen LogP contribution < -0.4 is 5.32 Å². The fraction of sp³-hybridized carbons (Fsp3) is 0.238. The van der Waals surface area contributed by atoms with Gasteiger partial charge in [0.1, 0.15) is 11.6 Å². The molecular weight excluding hydrogens is 445 g/mol. The average molecular weight is 464 g/mol. The molecule has 1 heterocycles. The van der Waals surface area contributed by atoms with Gasteiger partial charge in [-0.1, -0.05) is 29.3 Å². The molecule has 162 valence electrons. The van der Waals surface area contributed by atoms with Crippen LogP contribution >= 0.6 is 23.2 Å². The molecule has 0 fully saturated rings. The van der Waals surface area contributed by atoms with Crippen molar-refractivity contribution in [1.29, 1.82) is 5.26 Å². The molecule has 2 aromatic rings. The molecule has 1 aromatic heterocycles. The number of carbonyl (C=O) groups is 3. The second kappa shape index (κ2) is 10.7. The molecule has 0 saturated carbocycles. The Labute approximate surface area is 188 Å². The lowest BCUT2D eigenvalue weighted by Gasteiger charge is -2.12. The monoisotopic (exact) mass is 463 g/mol. The van der Waals surface area contributed by atoms with Gasteiger partial charge in [0.05, 0.1) is 22.3 Å². The van der Waals surface area contributed by atoms with Crippen LogP contribution in [0.25, 0.3) is 11.8 Å². The first-order chi connectivity index (χ1) is 14.7. The van der Waals surface area contributed by atoms with Crippen molar-refractivity contribution in [2.24, 2.45) is 0 Å². The highest BCUT2D eigenvalue weighted by Crippen LogP contribution is 2.32. The molecule has 2 amide bonds. The topological polar surface area (TPSA) is 110 Å². The van der Waals surface area contributed by atoms with Gasteiger partial charge in [-0.25, -0.2) is 9.59 Å². The van der Waals surface area contributed by atoms with Crippen LogP contribution in [0.3, 0.4) is 0 Å². The molecule has 2 rings (SSSR count). The summed E-state index contributed by atoms with van der Waals surface area (Å²) < 4.78 is 11.2. The van der Waals surface area contributed by atoms with E-state index in [1.165, 1.54) is 6.08 Å². The summed E-state index contributed by atoms with van der Waals surface area (Å²) in [5.74, 6) is -1.88. The Bertz CT molecular complexity index is 1100. The number of hydrogen-bond donors (Lipinski definition) is 1. The summed E-state index contributed by atoms with van der Waals surface area (Å²) in [5, 5.41) is 12.0. The summed E-state index contributed by atoms with van der Waals surface area (Å²) in [4.78, 5) is 35.0. The van der Waals surface area contributed by atoms with Crippen molar-refractivity contribution in [3.05, 3.63) is 56.8 Å². The summed E-state index contributed by atoms with van der Waals surface area (Å²) in [6.45, 7) is 4.55. The van der Waals surface area contributed by atoms with Crippen LogP contribution in [-0.4, -0.2) is 35.8 Å². The second-order valence-corrected chi connectivity index (χ2v) is 7.03. The maximum atomic E-state index is 12.2. The van der Waals surface area contributed by atoms with Crippen molar-refractivity contribution in [3.8, 4) is 11.8 Å². The molecular formula is C21H19Cl2N3O5. The van der Waals surface area contributed by atoms with E-state index in [2.05, 4.69) is 4.74 Å². The van der Waals surface area contributed by atoms with E-state index in [4.69, 9.17) is 27.9 Å². The number of rotatable bonds is 6. The quantitative estimate of drug-likeness (QED) is 0.391. The number of amides is 2. The van der Waals surface area contributed by atoms with Gasteiger partial charge in [0.2, 0.25) is 0 Å². The lowest BCUT2D eigenvalue weighted by Crippen LogP contribution is -2.34. The molecule has 1 aromatic carbocycles. The first-order valence-electron chi connectivity index (χ1n) is 9.08. The van der Waals surface area contributed by atoms with Crippen molar-refractivity contribution < 1.29 is 23.9 Å². The standard InChI is InChI=1S/C21H19Cl2N3O5/c1-4-30-21(29)25-18(27)11-31-20(28)15(10-24)9-14-8-12(2)26(13(14)3)17-7-5-6-16(22)19(17)23/h5-9H,4,11H2,1-3H3,(H,25,27,29)/b15-9+. The number of hydrogen-bond acceptors (Lipinski definition) is 6. The number of aromatic nitrogens is 1. The van der Waals surface area contributed by atoms with Crippen LogP contribution in [0.2, 0.25) is 10.0 Å². The van der Waals surface area contributed by atoms with Crippen molar-refractivity contribution in [3.63, 3.8) is 0 Å². The minimum Gasteiger partial charge on any atom is -0.451 e. The van der Waals surface area contributed by atoms with Gasteiger partial charge in [0.15, 0.2) is 6.61 Å². The van der Waals surface area contributed by atoms with Gasteiger partial charge in [-0.2, -0.15) is 5.26 Å². The normalized spacial score (nSPS) is 10.9. The molecule has 0 aliphatic heterocycles. The van der Waals surface area contributed by atoms with E-state index < -0.39 is 24.6 Å². The Hall–Kier alpha value is -3.28. The summed E-state index contributed by atoms with van der Waals surface area (Å²) in [6.07, 6.45) is 0.398. The van der Waals surface area contributed by atoms with Crippen molar-refractivity contribution in [2.45, 2.75) is 20.8 Å². The molecule has 8 nitrogen and oxygen atoms in total. The molecule has 0 radical (unpaired) electrons. The summed E-state index contributed by atoms with van der Waals surface area (Å²) in [7, 11) is 0. The highest BCUT2D eigenvalue weighted by molar-refractivity contribution is 6.43. The van der Waals surface area contributed by atoms with E-state index in [9.17, 15) is 19.6 Å². The molecule has 10 heteroatoms. The number of imide groups is 1. The Morgan fingerprint density at radius 3 is 2.58 bits per heavy atom. The van der Waals surface area contributed by atoms with Crippen molar-refractivity contribution in [2.75, 3.05) is 13.2 Å². The third-order valence-corrected chi connectivity index (χ3v) is 4.94. The number of ether oxygens (including phenoxy) is 2. The maximum absolute atomic E-state index is 12.2. The van der Waals surface area contributed by atoms with Gasteiger partial charge >= 0.3 is 12.1 Å². The third kappa shape index (κ3) is 5.87. The molecule has 0 aliphatic rings. The zero-order chi connectivity index (χ0) is 23.1. The highest BCUT2D eigenvalue weighted by Gasteiger charge is 2.18. The lowest BCUT2D eigenvalue weighted by molar-refractivity contribution is -0.144. The molecule has 0 atom stereocenters. The Balaban J connectivity index is 2.22. The van der Waals surface area contributed by atoms with Gasteiger partial charge in [-0.15, -0.1) is 0 Å². The largest absolute Gasteiger partial charge is 0.451 e. The van der Waals surface area contributed by atoms with Crippen LogP contribution in [0.15, 0.2) is 29.8 Å². The summed E-state index contributed by atoms with van der Waals surface area (Å²) >= 11 is 12.4. The number of halogens is 2. The lowest BCUT2D eigenvalue weighted by atomic mass is 10.1. The molecule has 1 N–H and O–H groups in total. The summed E-state index contributed by atoms with van der Waals surface area (Å²) in [5.41, 5.74) is 2.43. The zero-order valence-corrected chi connectivity index (χ0v) is 18.5. The zero-order valence-electron chi connectivity index (χ0n) is 17.0. The average Bonchev–Trinajstić information content (AvgIpc) is 2.99. The van der Waals surface area contributed by atoms with E-state index in [1.54, 1.807) is 44.2 Å². The van der Waals surface area contributed by atoms with Crippen LogP contribution in [0.1, 0.15) is 23.9 Å². The van der Waals surface area contributed by atoms with E-state index in [0.717, 1.165) is 5.69 Å². The number of nitrogens with zero attached hydrogens (tertiary/aromatic N) is 2. The predicted molar refractivity (Wildman–Crippen MR) is 115 cm³/mol. The second-order valence-electron chi connectivity index (χ2n) is 6.25. The highest BCUT2D eigenvalue weighted by atomic mass is 35.5. The van der Waals surface area contributed by atoms with Crippen LogP contribution in [-0.2, 0) is 19.1 Å². The van der Waals surface area contributed by atoms with Gasteiger partial charge in [-0.3, -0.25) is 10.1 Å². The van der Waals surface area contributed by atoms with E-state index in [1.807, 2.05) is 16.8 Å². The van der Waals surface area contributed by atoms with E-state index >= 15 is 0 Å². The van der Waals surface area contributed by atoms with Gasteiger partial charge < -0.3 is 14.0 Å². The van der Waals surface area contributed by atoms with E-state index in [0.29, 0.717) is 27.0 Å². The number of aryl methyl sites for hydroxylation is 1. The number of nitriles is 1. The molecule has 0 aliphatic carbocycles. The first kappa shape index (κ1) is 24.0. The van der Waals surface area contributed by atoms with Crippen LogP contribution in [0.5, 0.6) is 0 Å². The van der Waals surface area contributed by atoms with Gasteiger partial charge in [0, 0.05) is 11.4 Å². The summed E-state index contributed by atoms with van der Waals surface area (Å²) in [6, 6.07) is 8.75. The van der Waals surface area contributed by atoms with E-state index in [-0.39, 0.29) is 12.2 Å². The van der Waals surface area contributed by atoms with Crippen LogP contribution in [0, 0.1) is 25.2 Å². The number of esters is 1. The fourth-order valence-corrected chi connectivity index (χ4v) is 3.17. The number of alkyl carbamates (subject to hydrolysis) is 1.